The first-order valence-electron chi connectivity index (χ1n) is 21.3. The molecule has 0 unspecified atom stereocenters. The van der Waals surface area contributed by atoms with Crippen LogP contribution in [0.2, 0.25) is 0 Å². The Morgan fingerprint density at radius 1 is 0.467 bits per heavy atom. The second-order valence-electron chi connectivity index (χ2n) is 18.1. The number of fused-ring (bicyclic) bond motifs is 7. The van der Waals surface area contributed by atoms with Crippen LogP contribution in [0.25, 0.3) is 69.9 Å². The molecule has 0 spiro atoms. The summed E-state index contributed by atoms with van der Waals surface area (Å²) in [5, 5.41) is 5.14. The predicted molar refractivity (Wildman–Crippen MR) is 259 cm³/mol. The maximum absolute atomic E-state index is 2.55. The Morgan fingerprint density at radius 2 is 1.05 bits per heavy atom. The molecule has 3 heteroatoms. The lowest BCUT2D eigenvalue weighted by molar-refractivity contribution is 0.331. The number of hydrogen-bond acceptors (Lipinski definition) is 2. The van der Waals surface area contributed by atoms with E-state index in [9.17, 15) is 0 Å². The number of para-hydroxylation sites is 1. The van der Waals surface area contributed by atoms with Gasteiger partial charge in [0.1, 0.15) is 0 Å². The topological polar surface area (TPSA) is 8.17 Å². The summed E-state index contributed by atoms with van der Waals surface area (Å²) < 4.78 is 5.14. The highest BCUT2D eigenvalue weighted by Gasteiger charge is 2.38. The molecule has 10 aromatic rings. The van der Waals surface area contributed by atoms with Crippen molar-refractivity contribution < 1.29 is 0 Å². The Hall–Kier alpha value is -6.42. The number of anilines is 3. The standard InChI is InChI=1S/C57H48N2S/c1-37-32-48-49(57(4,5)31-30-56(48,2)3)36-52(37)59-50-22-14-12-20-43(50)44-27-25-41(34-53(44)59)58(42-26-28-46-45-21-13-15-23-54(45)60-55(46)35-42)51-29-24-40(38-16-8-6-9-17-38)33-47(51)39-18-10-7-11-19-39/h6-29,32-36H,30-31H2,1-5H3. The lowest BCUT2D eigenvalue weighted by Crippen LogP contribution is -2.34. The lowest BCUT2D eigenvalue weighted by Gasteiger charge is -2.42. The van der Waals surface area contributed by atoms with E-state index in [1.165, 1.54) is 99.5 Å². The maximum Gasteiger partial charge on any atom is 0.0562 e. The first kappa shape index (κ1) is 36.6. The number of thiophene rings is 1. The van der Waals surface area contributed by atoms with Gasteiger partial charge in [0, 0.05) is 53.6 Å². The van der Waals surface area contributed by atoms with Crippen molar-refractivity contribution >= 4 is 70.4 Å². The van der Waals surface area contributed by atoms with Crippen LogP contribution in [0.5, 0.6) is 0 Å². The van der Waals surface area contributed by atoms with Gasteiger partial charge in [-0.3, -0.25) is 0 Å². The summed E-state index contributed by atoms with van der Waals surface area (Å²) >= 11 is 1.87. The summed E-state index contributed by atoms with van der Waals surface area (Å²) in [6.45, 7) is 12.0. The van der Waals surface area contributed by atoms with Crippen molar-refractivity contribution in [3.63, 3.8) is 0 Å². The second kappa shape index (κ2) is 13.8. The second-order valence-corrected chi connectivity index (χ2v) is 19.2. The van der Waals surface area contributed by atoms with Gasteiger partial charge >= 0.3 is 0 Å². The highest BCUT2D eigenvalue weighted by atomic mass is 32.1. The number of aromatic nitrogens is 1. The number of nitrogens with zero attached hydrogens (tertiary/aromatic N) is 2. The van der Waals surface area contributed by atoms with Crippen LogP contribution in [0.3, 0.4) is 0 Å². The van der Waals surface area contributed by atoms with Crippen LogP contribution < -0.4 is 4.90 Å². The highest BCUT2D eigenvalue weighted by molar-refractivity contribution is 7.25. The van der Waals surface area contributed by atoms with Gasteiger partial charge in [-0.25, -0.2) is 0 Å². The molecule has 0 fully saturated rings. The molecule has 2 aromatic heterocycles. The van der Waals surface area contributed by atoms with Gasteiger partial charge in [0.25, 0.3) is 0 Å². The van der Waals surface area contributed by atoms with E-state index >= 15 is 0 Å². The van der Waals surface area contributed by atoms with Gasteiger partial charge in [0.05, 0.1) is 16.7 Å². The average molecular weight is 793 g/mol. The van der Waals surface area contributed by atoms with E-state index in [0.717, 1.165) is 17.1 Å². The molecule has 0 saturated carbocycles. The van der Waals surface area contributed by atoms with E-state index < -0.39 is 0 Å². The van der Waals surface area contributed by atoms with E-state index in [1.807, 2.05) is 11.3 Å². The van der Waals surface area contributed by atoms with Crippen LogP contribution in [0.4, 0.5) is 17.1 Å². The van der Waals surface area contributed by atoms with Crippen LogP contribution in [-0.2, 0) is 10.8 Å². The molecule has 0 radical (unpaired) electrons. The average Bonchev–Trinajstić information content (AvgIpc) is 3.81. The van der Waals surface area contributed by atoms with Crippen molar-refractivity contribution in [1.82, 2.24) is 4.57 Å². The number of rotatable bonds is 6. The third-order valence-electron chi connectivity index (χ3n) is 13.4. The molecular weight excluding hydrogens is 745 g/mol. The van der Waals surface area contributed by atoms with Gasteiger partial charge in [-0.1, -0.05) is 149 Å². The zero-order valence-electron chi connectivity index (χ0n) is 35.0. The normalized spacial score (nSPS) is 14.6. The maximum atomic E-state index is 2.55. The Morgan fingerprint density at radius 3 is 1.80 bits per heavy atom. The third kappa shape index (κ3) is 5.90. The molecule has 11 rings (SSSR count). The molecule has 0 atom stereocenters. The fourth-order valence-electron chi connectivity index (χ4n) is 9.98. The lowest BCUT2D eigenvalue weighted by atomic mass is 9.63. The van der Waals surface area contributed by atoms with Crippen molar-refractivity contribution in [2.45, 2.75) is 58.3 Å². The van der Waals surface area contributed by atoms with Crippen LogP contribution in [-0.4, -0.2) is 4.57 Å². The quantitative estimate of drug-likeness (QED) is 0.163. The first-order chi connectivity index (χ1) is 29.1. The minimum absolute atomic E-state index is 0.0962. The van der Waals surface area contributed by atoms with Gasteiger partial charge in [0.2, 0.25) is 0 Å². The van der Waals surface area contributed by atoms with Crippen LogP contribution in [0.15, 0.2) is 176 Å². The van der Waals surface area contributed by atoms with Crippen LogP contribution in [0.1, 0.15) is 57.2 Å². The van der Waals surface area contributed by atoms with Crippen LogP contribution >= 0.6 is 11.3 Å². The Kier molecular flexibility index (Phi) is 8.45. The minimum atomic E-state index is 0.0962. The monoisotopic (exact) mass is 792 g/mol. The molecule has 1 aliphatic rings. The molecule has 0 aliphatic heterocycles. The molecular formula is C57H48N2S. The summed E-state index contributed by atoms with van der Waals surface area (Å²) in [7, 11) is 0. The molecule has 0 N–H and O–H groups in total. The van der Waals surface area contributed by atoms with Crippen LogP contribution in [0, 0.1) is 6.92 Å². The predicted octanol–water partition coefficient (Wildman–Crippen LogP) is 16.6. The number of hydrogen-bond donors (Lipinski definition) is 0. The Bertz CT molecular complexity index is 3270. The summed E-state index contributed by atoms with van der Waals surface area (Å²) in [5.41, 5.74) is 16.4. The molecule has 2 heterocycles. The van der Waals surface area contributed by atoms with E-state index in [-0.39, 0.29) is 10.8 Å². The van der Waals surface area contributed by atoms with Gasteiger partial charge in [0.15, 0.2) is 0 Å². The molecule has 0 bridgehead atoms. The van der Waals surface area contributed by atoms with Crippen molar-refractivity contribution in [1.29, 1.82) is 0 Å². The number of benzene rings is 8. The van der Waals surface area contributed by atoms with Crippen molar-refractivity contribution in [3.8, 4) is 27.9 Å². The van der Waals surface area contributed by atoms with Gasteiger partial charge in [-0.15, -0.1) is 11.3 Å². The Balaban J connectivity index is 1.19. The molecule has 0 saturated heterocycles. The summed E-state index contributed by atoms with van der Waals surface area (Å²) in [5.74, 6) is 0. The fraction of sp³-hybridized carbons (Fsp3) is 0.158. The molecule has 1 aliphatic carbocycles. The van der Waals surface area contributed by atoms with Crippen molar-refractivity contribution in [2.24, 2.45) is 0 Å². The zero-order valence-corrected chi connectivity index (χ0v) is 35.8. The SMILES string of the molecule is Cc1cc2c(cc1-n1c3ccccc3c3ccc(N(c4ccc5c(c4)sc4ccccc45)c4ccc(-c5ccccc5)cc4-c4ccccc4)cc31)C(C)(C)CCC2(C)C. The van der Waals surface area contributed by atoms with E-state index in [1.54, 1.807) is 0 Å². The minimum Gasteiger partial charge on any atom is -0.310 e. The highest BCUT2D eigenvalue weighted by Crippen LogP contribution is 2.49. The molecule has 60 heavy (non-hydrogen) atoms. The molecule has 292 valence electrons. The zero-order chi connectivity index (χ0) is 40.8. The van der Waals surface area contributed by atoms with Crippen molar-refractivity contribution in [3.05, 3.63) is 193 Å². The smallest absolute Gasteiger partial charge is 0.0562 e. The van der Waals surface area contributed by atoms with E-state index in [0.29, 0.717) is 0 Å². The van der Waals surface area contributed by atoms with E-state index in [2.05, 4.69) is 220 Å². The van der Waals surface area contributed by atoms with E-state index in [4.69, 9.17) is 0 Å². The molecule has 2 nitrogen and oxygen atoms in total. The van der Waals surface area contributed by atoms with Crippen molar-refractivity contribution in [2.75, 3.05) is 4.90 Å². The summed E-state index contributed by atoms with van der Waals surface area (Å²) in [6.07, 6.45) is 2.38. The summed E-state index contributed by atoms with van der Waals surface area (Å²) in [4.78, 5) is 2.49. The third-order valence-corrected chi connectivity index (χ3v) is 14.5. The fourth-order valence-corrected chi connectivity index (χ4v) is 11.1. The van der Waals surface area contributed by atoms with Gasteiger partial charge < -0.3 is 9.47 Å². The first-order valence-corrected chi connectivity index (χ1v) is 22.1. The number of aryl methyl sites for hydroxylation is 1. The molecule has 8 aromatic carbocycles. The summed E-state index contributed by atoms with van der Waals surface area (Å²) in [6, 6.07) is 65.6. The largest absolute Gasteiger partial charge is 0.310 e. The van der Waals surface area contributed by atoms with Gasteiger partial charge in [-0.05, 0) is 119 Å². The van der Waals surface area contributed by atoms with Gasteiger partial charge in [-0.2, -0.15) is 0 Å². The molecule has 0 amide bonds. The Labute approximate surface area is 357 Å².